The second-order valence-electron chi connectivity index (χ2n) is 2.60. The minimum absolute atomic E-state index is 0.0500. The van der Waals surface area contributed by atoms with Gasteiger partial charge in [0.2, 0.25) is 0 Å². The number of fused-ring (bicyclic) bond motifs is 1. The van der Waals surface area contributed by atoms with Crippen LogP contribution in [0.25, 0.3) is 10.9 Å². The number of aromatic nitrogens is 2. The third-order valence-electron chi connectivity index (χ3n) is 1.80. The summed E-state index contributed by atoms with van der Waals surface area (Å²) in [4.78, 5) is 20.3. The Labute approximate surface area is 85.5 Å². The van der Waals surface area contributed by atoms with E-state index in [0.717, 1.165) is 14.5 Å². The second kappa shape index (κ2) is 3.45. The molecule has 0 aliphatic rings. The molecule has 0 aliphatic carbocycles. The Morgan fingerprint density at radius 2 is 2.38 bits per heavy atom. The fraction of sp³-hybridized carbons (Fsp3) is 0.111. The van der Waals surface area contributed by atoms with E-state index in [1.807, 2.05) is 12.1 Å². The van der Waals surface area contributed by atoms with Gasteiger partial charge in [0.25, 0.3) is 0 Å². The number of rotatable bonds is 1. The van der Waals surface area contributed by atoms with Crippen LogP contribution in [-0.2, 0) is 0 Å². The summed E-state index contributed by atoms with van der Waals surface area (Å²) in [6, 6.07) is 3.75. The molecule has 2 aromatic heterocycles. The Hall–Kier alpha value is -0.910. The molecule has 0 atom stereocenters. The van der Waals surface area contributed by atoms with Crippen LogP contribution in [0, 0.1) is 3.57 Å². The number of alkyl halides is 1. The molecular weight excluding hydrogens is 279 g/mol. The van der Waals surface area contributed by atoms with Crippen molar-refractivity contribution in [3.8, 4) is 0 Å². The van der Waals surface area contributed by atoms with Crippen molar-refractivity contribution in [2.75, 3.05) is 4.93 Å². The first-order chi connectivity index (χ1) is 6.31. The SMILES string of the molecule is C[I-]c1cc2cnccc2[nH]c1=O. The Kier molecular flexibility index (Phi) is 2.30. The molecule has 2 aromatic rings. The molecule has 3 nitrogen and oxygen atoms in total. The second-order valence-corrected chi connectivity index (χ2v) is 4.84. The number of H-pyrrole nitrogens is 1. The van der Waals surface area contributed by atoms with Gasteiger partial charge in [-0.1, -0.05) is 0 Å². The molecule has 1 N–H and O–H groups in total. The summed E-state index contributed by atoms with van der Waals surface area (Å²) in [6.07, 6.45) is 3.45. The molecule has 0 saturated heterocycles. The van der Waals surface area contributed by atoms with Crippen LogP contribution in [0.2, 0.25) is 0 Å². The van der Waals surface area contributed by atoms with E-state index >= 15 is 0 Å². The van der Waals surface area contributed by atoms with Crippen molar-refractivity contribution >= 4 is 10.9 Å². The fourth-order valence-electron chi connectivity index (χ4n) is 1.16. The van der Waals surface area contributed by atoms with Gasteiger partial charge in [0.1, 0.15) is 0 Å². The van der Waals surface area contributed by atoms with Gasteiger partial charge in [-0.25, -0.2) is 0 Å². The van der Waals surface area contributed by atoms with Crippen LogP contribution in [0.3, 0.4) is 0 Å². The molecule has 2 rings (SSSR count). The molecule has 0 spiro atoms. The quantitative estimate of drug-likeness (QED) is 0.478. The molecule has 0 fully saturated rings. The zero-order chi connectivity index (χ0) is 9.26. The van der Waals surface area contributed by atoms with Crippen LogP contribution in [0.15, 0.2) is 29.3 Å². The summed E-state index contributed by atoms with van der Waals surface area (Å²) in [5.41, 5.74) is 0.912. The predicted octanol–water partition coefficient (Wildman–Crippen LogP) is -2.19. The van der Waals surface area contributed by atoms with E-state index < -0.39 is 0 Å². The van der Waals surface area contributed by atoms with Gasteiger partial charge in [0, 0.05) is 0 Å². The van der Waals surface area contributed by atoms with E-state index in [1.54, 1.807) is 12.4 Å². The zero-order valence-electron chi connectivity index (χ0n) is 7.04. The molecule has 4 heteroatoms. The standard InChI is InChI=1S/C9H8IN2O/c1-10-7-4-6-5-11-3-2-8(6)12-9(7)13/h2-5H,1H3,(H,12,13)/q-1. The maximum absolute atomic E-state index is 11.4. The number of pyridine rings is 2. The monoisotopic (exact) mass is 287 g/mol. The van der Waals surface area contributed by atoms with E-state index in [0.29, 0.717) is 0 Å². The molecule has 0 radical (unpaired) electrons. The van der Waals surface area contributed by atoms with Gasteiger partial charge in [-0.3, -0.25) is 0 Å². The van der Waals surface area contributed by atoms with Crippen molar-refractivity contribution in [2.24, 2.45) is 0 Å². The van der Waals surface area contributed by atoms with Crippen molar-refractivity contribution in [1.29, 1.82) is 0 Å². The van der Waals surface area contributed by atoms with Crippen LogP contribution in [0.1, 0.15) is 0 Å². The molecule has 0 bridgehead atoms. The van der Waals surface area contributed by atoms with Crippen LogP contribution in [0.5, 0.6) is 0 Å². The summed E-state index contributed by atoms with van der Waals surface area (Å²) < 4.78 is 0.916. The Balaban J connectivity index is 2.81. The van der Waals surface area contributed by atoms with Crippen molar-refractivity contribution in [3.63, 3.8) is 0 Å². The van der Waals surface area contributed by atoms with Gasteiger partial charge in [-0.15, -0.1) is 0 Å². The van der Waals surface area contributed by atoms with Crippen molar-refractivity contribution in [3.05, 3.63) is 38.5 Å². The molecule has 2 heterocycles. The van der Waals surface area contributed by atoms with Gasteiger partial charge >= 0.3 is 85.5 Å². The molecule has 0 aromatic carbocycles. The van der Waals surface area contributed by atoms with Crippen molar-refractivity contribution in [2.45, 2.75) is 0 Å². The van der Waals surface area contributed by atoms with E-state index in [1.165, 1.54) is 0 Å². The topological polar surface area (TPSA) is 45.8 Å². The number of aromatic amines is 1. The van der Waals surface area contributed by atoms with E-state index in [-0.39, 0.29) is 26.8 Å². The third kappa shape index (κ3) is 1.58. The Bertz CT molecular complexity index is 492. The predicted molar refractivity (Wildman–Crippen MR) is 47.0 cm³/mol. The minimum atomic E-state index is -0.159. The fourth-order valence-corrected chi connectivity index (χ4v) is 2.43. The number of hydrogen-bond acceptors (Lipinski definition) is 2. The third-order valence-corrected chi connectivity index (χ3v) is 3.77. The van der Waals surface area contributed by atoms with Crippen LogP contribution < -0.4 is 26.8 Å². The molecule has 0 unspecified atom stereocenters. The van der Waals surface area contributed by atoms with Gasteiger partial charge in [0.15, 0.2) is 0 Å². The summed E-state index contributed by atoms with van der Waals surface area (Å²) in [5.74, 6) is 0. The molecule has 0 saturated carbocycles. The first kappa shape index (κ1) is 8.68. The summed E-state index contributed by atoms with van der Waals surface area (Å²) in [5, 5.41) is 1.01. The summed E-state index contributed by atoms with van der Waals surface area (Å²) in [7, 11) is 0. The zero-order valence-corrected chi connectivity index (χ0v) is 9.20. The molecular formula is C9H8IN2O-. The Morgan fingerprint density at radius 1 is 1.54 bits per heavy atom. The average Bonchev–Trinajstić information content (AvgIpc) is 2.17. The summed E-state index contributed by atoms with van der Waals surface area (Å²) >= 11 is -0.159. The first-order valence-electron chi connectivity index (χ1n) is 3.78. The van der Waals surface area contributed by atoms with Gasteiger partial charge in [-0.05, 0) is 0 Å². The van der Waals surface area contributed by atoms with Crippen molar-refractivity contribution in [1.82, 2.24) is 9.97 Å². The average molecular weight is 287 g/mol. The Morgan fingerprint density at radius 3 is 3.15 bits per heavy atom. The van der Waals surface area contributed by atoms with Crippen LogP contribution >= 0.6 is 0 Å². The molecule has 0 amide bonds. The van der Waals surface area contributed by atoms with Gasteiger partial charge < -0.3 is 0 Å². The number of nitrogens with zero attached hydrogens (tertiary/aromatic N) is 1. The van der Waals surface area contributed by atoms with E-state index in [4.69, 9.17) is 0 Å². The number of hydrogen-bond donors (Lipinski definition) is 1. The first-order valence-corrected chi connectivity index (χ1v) is 7.01. The van der Waals surface area contributed by atoms with E-state index in [2.05, 4.69) is 14.9 Å². The molecule has 13 heavy (non-hydrogen) atoms. The number of halogens is 1. The van der Waals surface area contributed by atoms with Crippen LogP contribution in [-0.4, -0.2) is 14.9 Å². The molecule has 68 valence electrons. The number of nitrogens with one attached hydrogen (secondary N) is 1. The van der Waals surface area contributed by atoms with Crippen molar-refractivity contribution < 1.29 is 21.2 Å². The summed E-state index contributed by atoms with van der Waals surface area (Å²) in [6.45, 7) is 0. The normalized spacial score (nSPS) is 10.8. The maximum atomic E-state index is 11.4. The molecule has 0 aliphatic heterocycles. The van der Waals surface area contributed by atoms with Crippen LogP contribution in [0.4, 0.5) is 0 Å². The van der Waals surface area contributed by atoms with E-state index in [9.17, 15) is 4.79 Å². The van der Waals surface area contributed by atoms with Gasteiger partial charge in [0.05, 0.1) is 0 Å². The van der Waals surface area contributed by atoms with Gasteiger partial charge in [-0.2, -0.15) is 0 Å².